The summed E-state index contributed by atoms with van der Waals surface area (Å²) in [6.07, 6.45) is 7.52. The molecule has 0 N–H and O–H groups in total. The molecule has 2 aromatic rings. The number of rotatable bonds is 4. The zero-order chi connectivity index (χ0) is 22.7. The summed E-state index contributed by atoms with van der Waals surface area (Å²) in [4.78, 5) is 34.4. The number of hydrogen-bond acceptors (Lipinski definition) is 4. The molecule has 2 amide bonds. The molecule has 170 valence electrons. The van der Waals surface area contributed by atoms with Crippen molar-refractivity contribution in [3.8, 4) is 0 Å². The Morgan fingerprint density at radius 2 is 1.75 bits per heavy atom. The largest absolute Gasteiger partial charge is 0.443 e. The van der Waals surface area contributed by atoms with Gasteiger partial charge in [-0.3, -0.25) is 9.69 Å². The zero-order valence-electron chi connectivity index (χ0n) is 19.3. The molecule has 2 heterocycles. The molecule has 1 aliphatic heterocycles. The molecule has 1 saturated carbocycles. The Kier molecular flexibility index (Phi) is 6.49. The van der Waals surface area contributed by atoms with E-state index in [0.29, 0.717) is 11.4 Å². The van der Waals surface area contributed by atoms with Crippen LogP contribution in [-0.4, -0.2) is 40.1 Å². The van der Waals surface area contributed by atoms with E-state index in [4.69, 9.17) is 4.74 Å². The number of carbonyl (C=O) groups excluding carboxylic acids is 2. The van der Waals surface area contributed by atoms with Crippen molar-refractivity contribution in [1.29, 1.82) is 0 Å². The van der Waals surface area contributed by atoms with Gasteiger partial charge in [0.1, 0.15) is 11.4 Å². The summed E-state index contributed by atoms with van der Waals surface area (Å²) >= 11 is 0. The maximum Gasteiger partial charge on any atom is 0.416 e. The van der Waals surface area contributed by atoms with Crippen molar-refractivity contribution in [3.05, 3.63) is 59.8 Å². The Labute approximate surface area is 190 Å². The molecule has 32 heavy (non-hydrogen) atoms. The first-order valence-corrected chi connectivity index (χ1v) is 11.7. The fourth-order valence-corrected chi connectivity index (χ4v) is 4.39. The van der Waals surface area contributed by atoms with Crippen LogP contribution in [0.2, 0.25) is 0 Å². The van der Waals surface area contributed by atoms with Crippen LogP contribution in [0, 0.1) is 0 Å². The minimum absolute atomic E-state index is 0.00307. The Morgan fingerprint density at radius 1 is 1.00 bits per heavy atom. The molecule has 2 fully saturated rings. The number of pyridine rings is 1. The van der Waals surface area contributed by atoms with Gasteiger partial charge in [0, 0.05) is 24.3 Å². The number of hydrogen-bond donors (Lipinski definition) is 0. The first-order chi connectivity index (χ1) is 15.3. The number of ether oxygens (including phenoxy) is 1. The van der Waals surface area contributed by atoms with E-state index in [1.165, 1.54) is 0 Å². The normalized spacial score (nSPS) is 19.2. The Balaban J connectivity index is 1.55. The number of amides is 2. The topological polar surface area (TPSA) is 62.7 Å². The Morgan fingerprint density at radius 3 is 2.34 bits per heavy atom. The van der Waals surface area contributed by atoms with E-state index in [1.54, 1.807) is 4.90 Å². The van der Waals surface area contributed by atoms with E-state index in [0.717, 1.165) is 50.6 Å². The molecular weight excluding hydrogens is 402 g/mol. The maximum absolute atomic E-state index is 13.2. The van der Waals surface area contributed by atoms with Crippen LogP contribution < -0.4 is 4.90 Å². The molecule has 1 atom stereocenters. The number of aromatic nitrogens is 1. The monoisotopic (exact) mass is 435 g/mol. The van der Waals surface area contributed by atoms with Gasteiger partial charge in [-0.15, -0.1) is 0 Å². The summed E-state index contributed by atoms with van der Waals surface area (Å²) in [5.41, 5.74) is 1.17. The van der Waals surface area contributed by atoms with Gasteiger partial charge in [-0.25, -0.2) is 9.78 Å². The van der Waals surface area contributed by atoms with Gasteiger partial charge in [0.05, 0.1) is 6.04 Å². The lowest BCUT2D eigenvalue weighted by Crippen LogP contribution is -2.47. The first kappa shape index (κ1) is 22.3. The Bertz CT molecular complexity index is 933. The standard InChI is InChI=1S/C26H33N3O3/c1-26(2,3)32-25(31)29(21-12-9-13-21)23-16-15-20(18-27-23)22-14-7-8-17-28(22)24(30)19-10-5-4-6-11-19/h4-6,10-11,15-16,18,21-22H,7-9,12-14,17H2,1-3H3/t22-/m0/s1. The maximum atomic E-state index is 13.2. The van der Waals surface area contributed by atoms with Crippen molar-refractivity contribution in [2.24, 2.45) is 0 Å². The summed E-state index contributed by atoms with van der Waals surface area (Å²) in [5.74, 6) is 0.675. The molecule has 0 bridgehead atoms. The number of nitrogens with zero attached hydrogens (tertiary/aromatic N) is 3. The highest BCUT2D eigenvalue weighted by molar-refractivity contribution is 5.94. The number of anilines is 1. The minimum atomic E-state index is -0.556. The minimum Gasteiger partial charge on any atom is -0.443 e. The molecular formula is C26H33N3O3. The third-order valence-corrected chi connectivity index (χ3v) is 6.22. The average molecular weight is 436 g/mol. The second kappa shape index (κ2) is 9.31. The van der Waals surface area contributed by atoms with Crippen molar-refractivity contribution >= 4 is 17.8 Å². The van der Waals surface area contributed by atoms with Crippen LogP contribution in [0.1, 0.15) is 81.3 Å². The summed E-state index contributed by atoms with van der Waals surface area (Å²) in [6, 6.07) is 13.5. The average Bonchev–Trinajstić information content (AvgIpc) is 2.75. The molecule has 6 nitrogen and oxygen atoms in total. The molecule has 1 aliphatic carbocycles. The van der Waals surface area contributed by atoms with Crippen molar-refractivity contribution < 1.29 is 14.3 Å². The van der Waals surface area contributed by atoms with E-state index >= 15 is 0 Å². The van der Waals surface area contributed by atoms with E-state index in [9.17, 15) is 9.59 Å². The van der Waals surface area contributed by atoms with Crippen molar-refractivity contribution in [2.75, 3.05) is 11.4 Å². The number of carbonyl (C=O) groups is 2. The zero-order valence-corrected chi connectivity index (χ0v) is 19.3. The molecule has 1 aromatic carbocycles. The number of benzene rings is 1. The predicted molar refractivity (Wildman–Crippen MR) is 125 cm³/mol. The summed E-state index contributed by atoms with van der Waals surface area (Å²) in [7, 11) is 0. The third kappa shape index (κ3) is 4.95. The molecule has 0 unspecified atom stereocenters. The van der Waals surface area contributed by atoms with Crippen LogP contribution in [0.15, 0.2) is 48.7 Å². The van der Waals surface area contributed by atoms with Gasteiger partial charge >= 0.3 is 6.09 Å². The second-order valence-electron chi connectivity index (χ2n) is 9.76. The lowest BCUT2D eigenvalue weighted by Gasteiger charge is -2.38. The highest BCUT2D eigenvalue weighted by atomic mass is 16.6. The van der Waals surface area contributed by atoms with Crippen molar-refractivity contribution in [2.45, 2.75) is 77.0 Å². The van der Waals surface area contributed by atoms with Gasteiger partial charge in [0.15, 0.2) is 0 Å². The molecule has 0 radical (unpaired) electrons. The van der Waals surface area contributed by atoms with E-state index < -0.39 is 5.60 Å². The van der Waals surface area contributed by atoms with Crippen molar-refractivity contribution in [3.63, 3.8) is 0 Å². The highest BCUT2D eigenvalue weighted by Crippen LogP contribution is 2.34. The summed E-state index contributed by atoms with van der Waals surface area (Å²) < 4.78 is 5.65. The first-order valence-electron chi connectivity index (χ1n) is 11.7. The molecule has 2 aliphatic rings. The van der Waals surface area contributed by atoms with Crippen LogP contribution in [0.3, 0.4) is 0 Å². The number of piperidine rings is 1. The van der Waals surface area contributed by atoms with Crippen molar-refractivity contribution in [1.82, 2.24) is 9.88 Å². The quantitative estimate of drug-likeness (QED) is 0.614. The fourth-order valence-electron chi connectivity index (χ4n) is 4.39. The van der Waals surface area contributed by atoms with Crippen LogP contribution in [0.4, 0.5) is 10.6 Å². The van der Waals surface area contributed by atoms with Gasteiger partial charge in [-0.05, 0) is 83.1 Å². The summed E-state index contributed by atoms with van der Waals surface area (Å²) in [6.45, 7) is 6.37. The van der Waals surface area contributed by atoms with Gasteiger partial charge in [-0.1, -0.05) is 24.3 Å². The lowest BCUT2D eigenvalue weighted by molar-refractivity contribution is 0.0547. The molecule has 1 saturated heterocycles. The van der Waals surface area contributed by atoms with Gasteiger partial charge < -0.3 is 9.64 Å². The summed E-state index contributed by atoms with van der Waals surface area (Å²) in [5, 5.41) is 0. The van der Waals surface area contributed by atoms with Crippen LogP contribution in [0.5, 0.6) is 0 Å². The van der Waals surface area contributed by atoms with Gasteiger partial charge in [-0.2, -0.15) is 0 Å². The molecule has 1 aromatic heterocycles. The number of likely N-dealkylation sites (tertiary alicyclic amines) is 1. The highest BCUT2D eigenvalue weighted by Gasteiger charge is 2.35. The molecule has 0 spiro atoms. The van der Waals surface area contributed by atoms with Gasteiger partial charge in [0.2, 0.25) is 0 Å². The van der Waals surface area contributed by atoms with E-state index in [2.05, 4.69) is 4.98 Å². The third-order valence-electron chi connectivity index (χ3n) is 6.22. The fraction of sp³-hybridized carbons (Fsp3) is 0.500. The Hall–Kier alpha value is -2.89. The predicted octanol–water partition coefficient (Wildman–Crippen LogP) is 5.74. The van der Waals surface area contributed by atoms with Crippen LogP contribution >= 0.6 is 0 Å². The molecule has 6 heteroatoms. The van der Waals surface area contributed by atoms with E-state index in [-0.39, 0.29) is 24.1 Å². The lowest BCUT2D eigenvalue weighted by atomic mass is 9.91. The van der Waals surface area contributed by atoms with Crippen LogP contribution in [0.25, 0.3) is 0 Å². The van der Waals surface area contributed by atoms with E-state index in [1.807, 2.05) is 74.3 Å². The second-order valence-corrected chi connectivity index (χ2v) is 9.76. The smallest absolute Gasteiger partial charge is 0.416 e. The molecule has 4 rings (SSSR count). The van der Waals surface area contributed by atoms with Gasteiger partial charge in [0.25, 0.3) is 5.91 Å². The van der Waals surface area contributed by atoms with Crippen LogP contribution in [-0.2, 0) is 4.74 Å². The SMILES string of the molecule is CC(C)(C)OC(=O)N(c1ccc([C@@H]2CCCCN2C(=O)c2ccccc2)cn1)C1CCC1.